The third kappa shape index (κ3) is 6.68. The topological polar surface area (TPSA) is 98.7 Å². The van der Waals surface area contributed by atoms with Gasteiger partial charge in [0.25, 0.3) is 0 Å². The highest BCUT2D eigenvalue weighted by Gasteiger charge is 2.32. The zero-order valence-corrected chi connectivity index (χ0v) is 18.8. The van der Waals surface area contributed by atoms with Crippen LogP contribution in [0.5, 0.6) is 0 Å². The first kappa shape index (κ1) is 24.0. The van der Waals surface area contributed by atoms with Crippen LogP contribution < -0.4 is 10.6 Å². The zero-order valence-electron chi connectivity index (χ0n) is 18.8. The summed E-state index contributed by atoms with van der Waals surface area (Å²) in [5, 5.41) is 25.1. The number of benzene rings is 2. The molecule has 2 amide bonds. The molecule has 0 aliphatic heterocycles. The van der Waals surface area contributed by atoms with Crippen molar-refractivity contribution in [3.63, 3.8) is 0 Å². The van der Waals surface area contributed by atoms with Gasteiger partial charge in [0, 0.05) is 12.3 Å². The minimum atomic E-state index is -1.66. The van der Waals surface area contributed by atoms with E-state index in [1.807, 2.05) is 56.3 Å². The number of amides is 2. The van der Waals surface area contributed by atoms with E-state index in [2.05, 4.69) is 22.8 Å². The first-order valence-electron chi connectivity index (χ1n) is 11.4. The van der Waals surface area contributed by atoms with E-state index in [1.54, 1.807) is 0 Å². The van der Waals surface area contributed by atoms with Crippen LogP contribution in [0.4, 0.5) is 0 Å². The minimum absolute atomic E-state index is 0.138. The molecule has 0 aromatic heterocycles. The monoisotopic (exact) mass is 436 g/mol. The summed E-state index contributed by atoms with van der Waals surface area (Å²) in [7, 11) is -1.66. The first-order valence-corrected chi connectivity index (χ1v) is 11.4. The predicted octanol–water partition coefficient (Wildman–Crippen LogP) is 2.06. The Morgan fingerprint density at radius 1 is 1.00 bits per heavy atom. The Balaban J connectivity index is 1.72. The molecule has 1 aliphatic rings. The molecule has 0 saturated heterocycles. The van der Waals surface area contributed by atoms with E-state index in [9.17, 15) is 19.6 Å². The molecule has 170 valence electrons. The molecule has 1 aliphatic carbocycles. The third-order valence-electron chi connectivity index (χ3n) is 6.05. The van der Waals surface area contributed by atoms with E-state index in [0.29, 0.717) is 19.3 Å². The number of fused-ring (bicyclic) bond motifs is 1. The molecule has 7 heteroatoms. The number of aryl methyl sites for hydroxylation is 1. The van der Waals surface area contributed by atoms with Crippen LogP contribution in [0.15, 0.2) is 54.6 Å². The average molecular weight is 436 g/mol. The Kier molecular flexibility index (Phi) is 8.48. The van der Waals surface area contributed by atoms with Crippen molar-refractivity contribution >= 4 is 18.9 Å². The van der Waals surface area contributed by atoms with Gasteiger partial charge in [-0.15, -0.1) is 0 Å². The van der Waals surface area contributed by atoms with Crippen molar-refractivity contribution in [3.05, 3.63) is 71.3 Å². The fourth-order valence-corrected chi connectivity index (χ4v) is 4.32. The van der Waals surface area contributed by atoms with Gasteiger partial charge >= 0.3 is 7.12 Å². The molecule has 2 aromatic rings. The third-order valence-corrected chi connectivity index (χ3v) is 6.05. The van der Waals surface area contributed by atoms with Gasteiger partial charge in [0.2, 0.25) is 11.8 Å². The lowest BCUT2D eigenvalue weighted by molar-refractivity contribution is -0.131. The summed E-state index contributed by atoms with van der Waals surface area (Å²) in [5.41, 5.74) is 3.39. The lowest BCUT2D eigenvalue weighted by Crippen LogP contribution is -2.55. The average Bonchev–Trinajstić information content (AvgIpc) is 2.78. The normalized spacial score (nSPS) is 17.2. The minimum Gasteiger partial charge on any atom is -0.426 e. The fraction of sp³-hybridized carbons (Fsp3) is 0.440. The van der Waals surface area contributed by atoms with E-state index < -0.39 is 25.0 Å². The van der Waals surface area contributed by atoms with Gasteiger partial charge in [-0.3, -0.25) is 9.59 Å². The Bertz CT molecular complexity index is 904. The van der Waals surface area contributed by atoms with Gasteiger partial charge in [-0.05, 0) is 48.3 Å². The molecular weight excluding hydrogens is 403 g/mol. The molecule has 0 bridgehead atoms. The van der Waals surface area contributed by atoms with Crippen molar-refractivity contribution < 1.29 is 19.6 Å². The van der Waals surface area contributed by atoms with Crippen molar-refractivity contribution in [1.82, 2.24) is 10.6 Å². The summed E-state index contributed by atoms with van der Waals surface area (Å²) in [5.74, 6) is -1.35. The highest BCUT2D eigenvalue weighted by atomic mass is 16.4. The fourth-order valence-electron chi connectivity index (χ4n) is 4.32. The summed E-state index contributed by atoms with van der Waals surface area (Å²) >= 11 is 0. The van der Waals surface area contributed by atoms with Crippen molar-refractivity contribution in [2.45, 2.75) is 57.9 Å². The molecule has 2 aromatic carbocycles. The smallest absolute Gasteiger partial charge is 0.426 e. The summed E-state index contributed by atoms with van der Waals surface area (Å²) in [6.45, 7) is 3.90. The number of hydrogen-bond acceptors (Lipinski definition) is 4. The van der Waals surface area contributed by atoms with Crippen LogP contribution in [0.3, 0.4) is 0 Å². The van der Waals surface area contributed by atoms with Crippen molar-refractivity contribution in [1.29, 1.82) is 0 Å². The van der Waals surface area contributed by atoms with Crippen molar-refractivity contribution in [2.24, 2.45) is 11.8 Å². The summed E-state index contributed by atoms with van der Waals surface area (Å²) in [4.78, 5) is 26.2. The molecule has 0 spiro atoms. The van der Waals surface area contributed by atoms with E-state index in [4.69, 9.17) is 0 Å². The van der Waals surface area contributed by atoms with Crippen molar-refractivity contribution in [3.8, 4) is 0 Å². The van der Waals surface area contributed by atoms with E-state index in [1.165, 1.54) is 11.1 Å². The molecule has 0 fully saturated rings. The quantitative estimate of drug-likeness (QED) is 0.453. The summed E-state index contributed by atoms with van der Waals surface area (Å²) in [6, 6.07) is 16.9. The van der Waals surface area contributed by atoms with Crippen LogP contribution in [0.25, 0.3) is 0 Å². The number of hydrogen-bond donors (Lipinski definition) is 4. The first-order chi connectivity index (χ1) is 15.3. The molecule has 3 rings (SSSR count). The second kappa shape index (κ2) is 11.3. The molecule has 3 atom stereocenters. The largest absolute Gasteiger partial charge is 0.475 e. The standard InChI is InChI=1S/C25H33BN2O4/c1-17(2)14-23(26(31)32)28-25(30)22(15-18-8-4-3-5-9-18)27-24(29)21-13-12-19-10-6-7-11-20(19)16-21/h3-11,17,21-23,31-32H,12-16H2,1-2H3,(H,27,29)(H,28,30)/t21?,22-,23?/m0/s1. The van der Waals surface area contributed by atoms with Crippen LogP contribution in [-0.4, -0.2) is 41.0 Å². The maximum atomic E-state index is 13.1. The Morgan fingerprint density at radius 2 is 1.66 bits per heavy atom. The molecule has 6 nitrogen and oxygen atoms in total. The maximum Gasteiger partial charge on any atom is 0.475 e. The van der Waals surface area contributed by atoms with Crippen molar-refractivity contribution in [2.75, 3.05) is 0 Å². The second-order valence-corrected chi connectivity index (χ2v) is 9.12. The molecule has 0 saturated carbocycles. The van der Waals surface area contributed by atoms with Gasteiger partial charge in [0.05, 0.1) is 5.94 Å². The molecule has 4 N–H and O–H groups in total. The number of carbonyl (C=O) groups is 2. The van der Waals surface area contributed by atoms with Crippen LogP contribution >= 0.6 is 0 Å². The highest BCUT2D eigenvalue weighted by Crippen LogP contribution is 2.25. The molecule has 0 radical (unpaired) electrons. The Morgan fingerprint density at radius 3 is 2.31 bits per heavy atom. The van der Waals surface area contributed by atoms with Crippen LogP contribution in [0.1, 0.15) is 43.4 Å². The van der Waals surface area contributed by atoms with E-state index in [0.717, 1.165) is 18.4 Å². The second-order valence-electron chi connectivity index (χ2n) is 9.12. The van der Waals surface area contributed by atoms with Gasteiger partial charge in [-0.1, -0.05) is 68.4 Å². The van der Waals surface area contributed by atoms with Gasteiger partial charge in [-0.25, -0.2) is 0 Å². The lowest BCUT2D eigenvalue weighted by atomic mass is 9.75. The van der Waals surface area contributed by atoms with Crippen LogP contribution in [-0.2, 0) is 28.9 Å². The molecule has 2 unspecified atom stereocenters. The van der Waals surface area contributed by atoms with Gasteiger partial charge in [-0.2, -0.15) is 0 Å². The predicted molar refractivity (Wildman–Crippen MR) is 126 cm³/mol. The number of carbonyl (C=O) groups excluding carboxylic acids is 2. The SMILES string of the molecule is CC(C)CC(NC(=O)[C@H](Cc1ccccc1)NC(=O)C1CCc2ccccc2C1)B(O)O. The van der Waals surface area contributed by atoms with E-state index >= 15 is 0 Å². The van der Waals surface area contributed by atoms with Gasteiger partial charge < -0.3 is 20.7 Å². The number of nitrogens with one attached hydrogen (secondary N) is 2. The van der Waals surface area contributed by atoms with E-state index in [-0.39, 0.29) is 17.7 Å². The number of rotatable bonds is 9. The molecule has 32 heavy (non-hydrogen) atoms. The Labute approximate surface area is 190 Å². The van der Waals surface area contributed by atoms with Crippen LogP contribution in [0.2, 0.25) is 0 Å². The van der Waals surface area contributed by atoms with Gasteiger partial charge in [0.15, 0.2) is 0 Å². The Hall–Kier alpha value is -2.64. The lowest BCUT2D eigenvalue weighted by Gasteiger charge is -2.28. The zero-order chi connectivity index (χ0) is 23.1. The maximum absolute atomic E-state index is 13.1. The molecule has 0 heterocycles. The highest BCUT2D eigenvalue weighted by molar-refractivity contribution is 6.43. The molecular formula is C25H33BN2O4. The summed E-state index contributed by atoms with van der Waals surface area (Å²) < 4.78 is 0. The van der Waals surface area contributed by atoms with Crippen LogP contribution in [0, 0.1) is 11.8 Å². The van der Waals surface area contributed by atoms with Gasteiger partial charge in [0.1, 0.15) is 6.04 Å². The summed E-state index contributed by atoms with van der Waals surface area (Å²) in [6.07, 6.45) is 3.00.